The summed E-state index contributed by atoms with van der Waals surface area (Å²) >= 11 is 1.35. The van der Waals surface area contributed by atoms with Gasteiger partial charge in [0.2, 0.25) is 0 Å². The summed E-state index contributed by atoms with van der Waals surface area (Å²) in [4.78, 5) is 23.1. The minimum absolute atomic E-state index is 0.297. The Morgan fingerprint density at radius 2 is 2.00 bits per heavy atom. The lowest BCUT2D eigenvalue weighted by Gasteiger charge is -2.21. The fourth-order valence-electron chi connectivity index (χ4n) is 2.11. The summed E-state index contributed by atoms with van der Waals surface area (Å²) < 4.78 is 0. The molecule has 22 heavy (non-hydrogen) atoms. The third-order valence-corrected chi connectivity index (χ3v) is 4.15. The molecule has 1 aromatic carbocycles. The number of rotatable bonds is 4. The molecule has 3 aromatic rings. The number of pyridine rings is 1. The van der Waals surface area contributed by atoms with Gasteiger partial charge in [-0.2, -0.15) is 10.2 Å². The van der Waals surface area contributed by atoms with Crippen molar-refractivity contribution >= 4 is 32.4 Å². The number of hydrogen-bond donors (Lipinski definition) is 0. The Labute approximate surface area is 131 Å². The van der Waals surface area contributed by atoms with Crippen molar-refractivity contribution in [3.8, 4) is 6.07 Å². The van der Waals surface area contributed by atoms with Crippen molar-refractivity contribution in [2.24, 2.45) is 0 Å². The zero-order valence-electron chi connectivity index (χ0n) is 11.6. The quantitative estimate of drug-likeness (QED) is 0.740. The van der Waals surface area contributed by atoms with E-state index >= 15 is 0 Å². The maximum atomic E-state index is 12.2. The zero-order valence-corrected chi connectivity index (χ0v) is 12.5. The van der Waals surface area contributed by atoms with Gasteiger partial charge >= 0.3 is 0 Å². The summed E-state index contributed by atoms with van der Waals surface area (Å²) in [5.41, 5.74) is 0.603. The van der Waals surface area contributed by atoms with E-state index in [-0.39, 0.29) is 5.56 Å². The van der Waals surface area contributed by atoms with Gasteiger partial charge in [-0.05, 0) is 24.3 Å². The van der Waals surface area contributed by atoms with E-state index in [9.17, 15) is 4.79 Å². The van der Waals surface area contributed by atoms with Gasteiger partial charge in [-0.15, -0.1) is 0 Å². The molecule has 0 aliphatic rings. The third kappa shape index (κ3) is 2.80. The lowest BCUT2D eigenvalue weighted by atomic mass is 10.3. The lowest BCUT2D eigenvalue weighted by Crippen LogP contribution is -2.21. The molecule has 0 saturated heterocycles. The van der Waals surface area contributed by atoms with E-state index in [4.69, 9.17) is 5.26 Å². The molecule has 108 valence electrons. The number of nitriles is 1. The average Bonchev–Trinajstić information content (AvgIpc) is 2.56. The van der Waals surface area contributed by atoms with E-state index in [1.54, 1.807) is 18.3 Å². The van der Waals surface area contributed by atoms with E-state index < -0.39 is 0 Å². The number of para-hydroxylation sites is 1. The summed E-state index contributed by atoms with van der Waals surface area (Å²) in [5, 5.41) is 9.94. The molecule has 0 amide bonds. The molecule has 0 fully saturated rings. The second-order valence-electron chi connectivity index (χ2n) is 4.55. The SMILES string of the molecule is N#CCCN(c1ccccc1)c1nc(=O)c2cccnc2s1. The molecule has 0 saturated carbocycles. The molecule has 0 radical (unpaired) electrons. The van der Waals surface area contributed by atoms with Crippen molar-refractivity contribution in [3.63, 3.8) is 0 Å². The first kappa shape index (κ1) is 14.2. The highest BCUT2D eigenvalue weighted by molar-refractivity contribution is 7.21. The van der Waals surface area contributed by atoms with Gasteiger partial charge in [0.1, 0.15) is 4.83 Å². The Kier molecular flexibility index (Phi) is 4.08. The number of fused-ring (bicyclic) bond motifs is 1. The topological polar surface area (TPSA) is 69.9 Å². The Balaban J connectivity index is 2.12. The highest BCUT2D eigenvalue weighted by Crippen LogP contribution is 2.28. The predicted molar refractivity (Wildman–Crippen MR) is 87.4 cm³/mol. The minimum Gasteiger partial charge on any atom is -0.317 e. The van der Waals surface area contributed by atoms with Gasteiger partial charge < -0.3 is 4.90 Å². The Morgan fingerprint density at radius 1 is 1.18 bits per heavy atom. The molecule has 2 heterocycles. The summed E-state index contributed by atoms with van der Waals surface area (Å²) in [6, 6.07) is 15.2. The highest BCUT2D eigenvalue weighted by atomic mass is 32.1. The molecule has 0 atom stereocenters. The van der Waals surface area contributed by atoms with Crippen molar-refractivity contribution in [2.45, 2.75) is 6.42 Å². The summed E-state index contributed by atoms with van der Waals surface area (Å²) in [5.74, 6) is 0. The van der Waals surface area contributed by atoms with Crippen molar-refractivity contribution in [2.75, 3.05) is 11.4 Å². The van der Waals surface area contributed by atoms with Crippen LogP contribution in [-0.4, -0.2) is 16.5 Å². The molecule has 0 unspecified atom stereocenters. The van der Waals surface area contributed by atoms with Crippen LogP contribution in [0.4, 0.5) is 10.8 Å². The normalized spacial score (nSPS) is 10.3. The molecule has 0 aliphatic heterocycles. The van der Waals surface area contributed by atoms with E-state index in [0.717, 1.165) is 5.69 Å². The van der Waals surface area contributed by atoms with E-state index in [1.807, 2.05) is 35.2 Å². The van der Waals surface area contributed by atoms with Crippen LogP contribution in [0.5, 0.6) is 0 Å². The largest absolute Gasteiger partial charge is 0.317 e. The van der Waals surface area contributed by atoms with E-state index in [1.165, 1.54) is 11.3 Å². The van der Waals surface area contributed by atoms with Crippen LogP contribution in [0.3, 0.4) is 0 Å². The monoisotopic (exact) mass is 308 g/mol. The highest BCUT2D eigenvalue weighted by Gasteiger charge is 2.14. The van der Waals surface area contributed by atoms with Gasteiger partial charge in [-0.3, -0.25) is 4.79 Å². The Bertz CT molecular complexity index is 886. The number of aromatic nitrogens is 2. The Hall–Kier alpha value is -2.78. The second-order valence-corrected chi connectivity index (χ2v) is 5.51. The molecule has 0 bridgehead atoms. The third-order valence-electron chi connectivity index (χ3n) is 3.13. The van der Waals surface area contributed by atoms with Crippen LogP contribution >= 0.6 is 11.3 Å². The molecule has 0 aliphatic carbocycles. The Morgan fingerprint density at radius 3 is 2.77 bits per heavy atom. The van der Waals surface area contributed by atoms with Gasteiger partial charge in [0.05, 0.1) is 17.9 Å². The van der Waals surface area contributed by atoms with Crippen LogP contribution in [0.2, 0.25) is 0 Å². The number of benzene rings is 1. The molecule has 6 heteroatoms. The van der Waals surface area contributed by atoms with E-state index in [0.29, 0.717) is 28.3 Å². The summed E-state index contributed by atoms with van der Waals surface area (Å²) in [6.45, 7) is 0.474. The maximum absolute atomic E-state index is 12.2. The van der Waals surface area contributed by atoms with Gasteiger partial charge in [0.15, 0.2) is 5.13 Å². The minimum atomic E-state index is -0.297. The number of hydrogen-bond acceptors (Lipinski definition) is 6. The van der Waals surface area contributed by atoms with Crippen molar-refractivity contribution < 1.29 is 0 Å². The molecule has 0 N–H and O–H groups in total. The average molecular weight is 308 g/mol. The predicted octanol–water partition coefficient (Wildman–Crippen LogP) is 3.10. The van der Waals surface area contributed by atoms with Crippen LogP contribution in [-0.2, 0) is 0 Å². The van der Waals surface area contributed by atoms with Crippen LogP contribution in [0.15, 0.2) is 53.5 Å². The molecular formula is C16H12N4OS. The number of anilines is 2. The molecular weight excluding hydrogens is 296 g/mol. The molecule has 3 rings (SSSR count). The zero-order chi connectivity index (χ0) is 15.4. The first-order valence-electron chi connectivity index (χ1n) is 6.75. The lowest BCUT2D eigenvalue weighted by molar-refractivity contribution is 0.936. The van der Waals surface area contributed by atoms with Crippen molar-refractivity contribution in [1.82, 2.24) is 9.97 Å². The fraction of sp³-hybridized carbons (Fsp3) is 0.125. The van der Waals surface area contributed by atoms with Gasteiger partial charge in [-0.25, -0.2) is 4.98 Å². The summed E-state index contributed by atoms with van der Waals surface area (Å²) in [7, 11) is 0. The standard InChI is InChI=1S/C16H12N4OS/c17-9-5-11-20(12-6-2-1-3-7-12)16-19-14(21)13-8-4-10-18-15(13)22-16/h1-4,6-8,10H,5,11H2. The number of nitrogens with zero attached hydrogens (tertiary/aromatic N) is 4. The molecule has 2 aromatic heterocycles. The van der Waals surface area contributed by atoms with Crippen molar-refractivity contribution in [3.05, 3.63) is 59.0 Å². The van der Waals surface area contributed by atoms with Crippen molar-refractivity contribution in [1.29, 1.82) is 5.26 Å². The summed E-state index contributed by atoms with van der Waals surface area (Å²) in [6.07, 6.45) is 2.00. The second kappa shape index (κ2) is 6.33. The van der Waals surface area contributed by atoms with E-state index in [2.05, 4.69) is 16.0 Å². The smallest absolute Gasteiger partial charge is 0.282 e. The first-order valence-corrected chi connectivity index (χ1v) is 7.56. The molecule has 0 spiro atoms. The first-order chi connectivity index (χ1) is 10.8. The van der Waals surface area contributed by atoms with Crippen LogP contribution in [0.25, 0.3) is 10.2 Å². The van der Waals surface area contributed by atoms with Crippen LogP contribution in [0, 0.1) is 11.3 Å². The van der Waals surface area contributed by atoms with Gasteiger partial charge in [-0.1, -0.05) is 29.5 Å². The maximum Gasteiger partial charge on any atom is 0.282 e. The molecule has 5 nitrogen and oxygen atoms in total. The van der Waals surface area contributed by atoms with Gasteiger partial charge in [0.25, 0.3) is 5.56 Å². The van der Waals surface area contributed by atoms with Crippen LogP contribution < -0.4 is 10.5 Å². The van der Waals surface area contributed by atoms with Gasteiger partial charge in [0, 0.05) is 18.4 Å². The fourth-order valence-corrected chi connectivity index (χ4v) is 3.10. The van der Waals surface area contributed by atoms with Crippen LogP contribution in [0.1, 0.15) is 6.42 Å².